The van der Waals surface area contributed by atoms with Crippen molar-refractivity contribution in [2.75, 3.05) is 6.54 Å². The predicted octanol–water partition coefficient (Wildman–Crippen LogP) is -0.840. The average molecular weight is 195 g/mol. The number of carbonyl (C=O) groups is 1. The number of amides is 1. The van der Waals surface area contributed by atoms with E-state index in [0.29, 0.717) is 18.9 Å². The number of aromatic amines is 1. The summed E-state index contributed by atoms with van der Waals surface area (Å²) in [7, 11) is 0. The van der Waals surface area contributed by atoms with Crippen molar-refractivity contribution in [2.45, 2.75) is 19.4 Å². The van der Waals surface area contributed by atoms with Gasteiger partial charge in [0.15, 0.2) is 0 Å². The highest BCUT2D eigenvalue weighted by Crippen LogP contribution is 2.44. The summed E-state index contributed by atoms with van der Waals surface area (Å²) in [6, 6.07) is 0. The zero-order valence-corrected chi connectivity index (χ0v) is 7.79. The number of aromatic nitrogens is 3. The first-order valence-electron chi connectivity index (χ1n) is 4.59. The van der Waals surface area contributed by atoms with Crippen LogP contribution in [0.5, 0.6) is 0 Å². The van der Waals surface area contributed by atoms with Crippen molar-refractivity contribution in [3.8, 4) is 0 Å². The molecule has 1 aliphatic carbocycles. The van der Waals surface area contributed by atoms with Gasteiger partial charge in [-0.05, 0) is 12.8 Å². The van der Waals surface area contributed by atoms with Crippen LogP contribution in [0.3, 0.4) is 0 Å². The highest BCUT2D eigenvalue weighted by atomic mass is 16.2. The van der Waals surface area contributed by atoms with Crippen molar-refractivity contribution in [2.24, 2.45) is 11.1 Å². The fourth-order valence-corrected chi connectivity index (χ4v) is 1.34. The molecule has 0 bridgehead atoms. The normalized spacial score (nSPS) is 17.8. The van der Waals surface area contributed by atoms with Gasteiger partial charge in [-0.2, -0.15) is 5.10 Å². The topological polar surface area (TPSA) is 96.7 Å². The lowest BCUT2D eigenvalue weighted by Gasteiger charge is -2.11. The van der Waals surface area contributed by atoms with Gasteiger partial charge >= 0.3 is 0 Å². The van der Waals surface area contributed by atoms with E-state index in [1.807, 2.05) is 0 Å². The quantitative estimate of drug-likeness (QED) is 0.583. The van der Waals surface area contributed by atoms with E-state index in [-0.39, 0.29) is 11.3 Å². The maximum absolute atomic E-state index is 11.6. The zero-order chi connectivity index (χ0) is 10.0. The first kappa shape index (κ1) is 9.14. The number of carbonyl (C=O) groups excluding carboxylic acids is 1. The monoisotopic (exact) mass is 195 g/mol. The molecule has 2 rings (SSSR count). The van der Waals surface area contributed by atoms with Crippen LogP contribution in [0.15, 0.2) is 6.33 Å². The van der Waals surface area contributed by atoms with Gasteiger partial charge in [-0.1, -0.05) is 0 Å². The molecule has 0 unspecified atom stereocenters. The fraction of sp³-hybridized carbons (Fsp3) is 0.625. The van der Waals surface area contributed by atoms with E-state index in [2.05, 4.69) is 20.5 Å². The molecule has 1 aromatic heterocycles. The summed E-state index contributed by atoms with van der Waals surface area (Å²) in [6.45, 7) is 0.815. The second-order valence-corrected chi connectivity index (χ2v) is 3.60. The van der Waals surface area contributed by atoms with E-state index in [1.165, 1.54) is 6.33 Å². The summed E-state index contributed by atoms with van der Waals surface area (Å²) < 4.78 is 0. The Kier molecular flexibility index (Phi) is 2.20. The number of hydrogen-bond acceptors (Lipinski definition) is 4. The number of hydrogen-bond donors (Lipinski definition) is 3. The van der Waals surface area contributed by atoms with Crippen molar-refractivity contribution in [1.82, 2.24) is 20.5 Å². The van der Waals surface area contributed by atoms with Crippen LogP contribution >= 0.6 is 0 Å². The van der Waals surface area contributed by atoms with Crippen molar-refractivity contribution in [3.63, 3.8) is 0 Å². The van der Waals surface area contributed by atoms with Gasteiger partial charge < -0.3 is 11.1 Å². The lowest BCUT2D eigenvalue weighted by molar-refractivity contribution is -0.126. The van der Waals surface area contributed by atoms with E-state index in [9.17, 15) is 4.79 Å². The van der Waals surface area contributed by atoms with Gasteiger partial charge in [0.05, 0.1) is 12.0 Å². The van der Waals surface area contributed by atoms with Crippen LogP contribution in [0.2, 0.25) is 0 Å². The Balaban J connectivity index is 1.84. The maximum atomic E-state index is 11.6. The van der Waals surface area contributed by atoms with Gasteiger partial charge in [0.1, 0.15) is 12.2 Å². The Morgan fingerprint density at radius 3 is 3.00 bits per heavy atom. The third-order valence-corrected chi connectivity index (χ3v) is 2.61. The summed E-state index contributed by atoms with van der Waals surface area (Å²) in [4.78, 5) is 15.5. The maximum Gasteiger partial charge on any atom is 0.227 e. The van der Waals surface area contributed by atoms with E-state index in [4.69, 9.17) is 5.73 Å². The average Bonchev–Trinajstić information content (AvgIpc) is 2.84. The van der Waals surface area contributed by atoms with E-state index < -0.39 is 0 Å². The van der Waals surface area contributed by atoms with Gasteiger partial charge in [0, 0.05) is 6.54 Å². The molecule has 1 aromatic rings. The van der Waals surface area contributed by atoms with E-state index >= 15 is 0 Å². The van der Waals surface area contributed by atoms with Gasteiger partial charge in [-0.25, -0.2) is 4.98 Å². The molecule has 1 fully saturated rings. The molecule has 1 aliphatic rings. The summed E-state index contributed by atoms with van der Waals surface area (Å²) in [5.41, 5.74) is 5.23. The molecule has 1 heterocycles. The molecule has 0 aromatic carbocycles. The number of nitrogens with zero attached hydrogens (tertiary/aromatic N) is 2. The number of H-pyrrole nitrogens is 1. The lowest BCUT2D eigenvalue weighted by atomic mass is 10.1. The molecular weight excluding hydrogens is 182 g/mol. The molecule has 4 N–H and O–H groups in total. The number of nitrogens with two attached hydrogens (primary N) is 1. The molecule has 6 nitrogen and oxygen atoms in total. The van der Waals surface area contributed by atoms with Crippen LogP contribution in [0, 0.1) is 5.41 Å². The Bertz CT molecular complexity index is 316. The minimum Gasteiger partial charge on any atom is -0.348 e. The molecule has 6 heteroatoms. The van der Waals surface area contributed by atoms with Crippen LogP contribution in [-0.2, 0) is 11.3 Å². The highest BCUT2D eigenvalue weighted by Gasteiger charge is 2.48. The Labute approximate surface area is 81.3 Å². The van der Waals surface area contributed by atoms with Crippen LogP contribution in [0.1, 0.15) is 18.7 Å². The van der Waals surface area contributed by atoms with Crippen LogP contribution < -0.4 is 11.1 Å². The molecule has 0 spiro atoms. The Hall–Kier alpha value is -1.43. The summed E-state index contributed by atoms with van der Waals surface area (Å²) in [5.74, 6) is 0.683. The van der Waals surface area contributed by atoms with E-state index in [1.54, 1.807) is 0 Å². The third kappa shape index (κ3) is 1.60. The Morgan fingerprint density at radius 1 is 1.71 bits per heavy atom. The van der Waals surface area contributed by atoms with Gasteiger partial charge in [0.2, 0.25) is 5.91 Å². The standard InChI is InChI=1S/C8H13N5O/c9-4-8(1-2-8)7(14)10-3-6-11-5-12-13-6/h5H,1-4,9H2,(H,10,14)(H,11,12,13). The van der Waals surface area contributed by atoms with E-state index in [0.717, 1.165) is 12.8 Å². The van der Waals surface area contributed by atoms with Crippen molar-refractivity contribution in [3.05, 3.63) is 12.2 Å². The minimum absolute atomic E-state index is 0.0244. The summed E-state index contributed by atoms with van der Waals surface area (Å²) >= 11 is 0. The molecular formula is C8H13N5O. The van der Waals surface area contributed by atoms with Crippen LogP contribution in [0.4, 0.5) is 0 Å². The van der Waals surface area contributed by atoms with Gasteiger partial charge in [-0.3, -0.25) is 9.89 Å². The van der Waals surface area contributed by atoms with Crippen LogP contribution in [0.25, 0.3) is 0 Å². The smallest absolute Gasteiger partial charge is 0.227 e. The second kappa shape index (κ2) is 3.38. The molecule has 1 amide bonds. The molecule has 0 aliphatic heterocycles. The highest BCUT2D eigenvalue weighted by molar-refractivity contribution is 5.85. The SMILES string of the molecule is NCC1(C(=O)NCc2ncn[nH]2)CC1. The second-order valence-electron chi connectivity index (χ2n) is 3.60. The van der Waals surface area contributed by atoms with Gasteiger partial charge in [0.25, 0.3) is 0 Å². The summed E-state index contributed by atoms with van der Waals surface area (Å²) in [5, 5.41) is 9.15. The first-order valence-corrected chi connectivity index (χ1v) is 4.59. The molecule has 0 atom stereocenters. The summed E-state index contributed by atoms with van der Waals surface area (Å²) in [6.07, 6.45) is 3.20. The molecule has 1 saturated carbocycles. The Morgan fingerprint density at radius 2 is 2.50 bits per heavy atom. The first-order chi connectivity index (χ1) is 6.77. The zero-order valence-electron chi connectivity index (χ0n) is 7.79. The lowest BCUT2D eigenvalue weighted by Crippen LogP contribution is -2.36. The van der Waals surface area contributed by atoms with Gasteiger partial charge in [-0.15, -0.1) is 0 Å². The molecule has 0 radical (unpaired) electrons. The third-order valence-electron chi connectivity index (χ3n) is 2.61. The van der Waals surface area contributed by atoms with Crippen LogP contribution in [-0.4, -0.2) is 27.6 Å². The minimum atomic E-state index is -0.292. The van der Waals surface area contributed by atoms with Crippen molar-refractivity contribution < 1.29 is 4.79 Å². The predicted molar refractivity (Wildman–Crippen MR) is 49.0 cm³/mol. The number of nitrogens with one attached hydrogen (secondary N) is 2. The van der Waals surface area contributed by atoms with Crippen molar-refractivity contribution >= 4 is 5.91 Å². The fourth-order valence-electron chi connectivity index (χ4n) is 1.34. The van der Waals surface area contributed by atoms with Crippen molar-refractivity contribution in [1.29, 1.82) is 0 Å². The molecule has 76 valence electrons. The molecule has 0 saturated heterocycles. The largest absolute Gasteiger partial charge is 0.348 e. The molecule has 14 heavy (non-hydrogen) atoms. The number of rotatable bonds is 4.